The van der Waals surface area contributed by atoms with Gasteiger partial charge in [-0.25, -0.2) is 12.7 Å². The minimum atomic E-state index is -3.61. The average molecular weight is 348 g/mol. The van der Waals surface area contributed by atoms with Crippen molar-refractivity contribution < 1.29 is 17.9 Å². The maximum atomic E-state index is 12.5. The van der Waals surface area contributed by atoms with Gasteiger partial charge in [0.25, 0.3) is 5.91 Å². The highest BCUT2D eigenvalue weighted by molar-refractivity contribution is 7.89. The Hall–Kier alpha value is -2.38. The molecule has 0 fully saturated rings. The smallest absolute Gasteiger partial charge is 0.256 e. The van der Waals surface area contributed by atoms with Crippen LogP contribution in [0.25, 0.3) is 0 Å². The molecule has 0 aliphatic heterocycles. The number of carbonyl (C=O) groups is 1. The highest BCUT2D eigenvalue weighted by Crippen LogP contribution is 2.29. The molecule has 2 rings (SSSR count). The summed E-state index contributed by atoms with van der Waals surface area (Å²) in [6.07, 6.45) is 0. The number of amides is 1. The van der Waals surface area contributed by atoms with Crippen molar-refractivity contribution in [2.75, 3.05) is 26.5 Å². The number of hydrogen-bond donors (Lipinski definition) is 1. The molecule has 128 valence electrons. The van der Waals surface area contributed by atoms with Gasteiger partial charge in [0.2, 0.25) is 10.0 Å². The van der Waals surface area contributed by atoms with Gasteiger partial charge in [0.05, 0.1) is 17.7 Å². The van der Waals surface area contributed by atoms with E-state index in [0.717, 1.165) is 9.87 Å². The second-order valence-corrected chi connectivity index (χ2v) is 7.57. The molecule has 0 radical (unpaired) electrons. The van der Waals surface area contributed by atoms with E-state index in [1.807, 2.05) is 19.1 Å². The van der Waals surface area contributed by atoms with Gasteiger partial charge in [-0.1, -0.05) is 18.2 Å². The number of rotatable bonds is 5. The zero-order chi connectivity index (χ0) is 17.9. The molecule has 0 spiro atoms. The third-order valence-electron chi connectivity index (χ3n) is 3.59. The lowest BCUT2D eigenvalue weighted by Gasteiger charge is -2.15. The topological polar surface area (TPSA) is 75.7 Å². The van der Waals surface area contributed by atoms with Crippen LogP contribution < -0.4 is 10.1 Å². The van der Waals surface area contributed by atoms with Crippen LogP contribution in [0.15, 0.2) is 47.4 Å². The lowest BCUT2D eigenvalue weighted by molar-refractivity contribution is 0.102. The Morgan fingerprint density at radius 3 is 2.38 bits per heavy atom. The summed E-state index contributed by atoms with van der Waals surface area (Å²) in [5.74, 6) is 0.0560. The van der Waals surface area contributed by atoms with Gasteiger partial charge < -0.3 is 10.1 Å². The summed E-state index contributed by atoms with van der Waals surface area (Å²) in [5, 5.41) is 2.72. The fraction of sp³-hybridized carbons (Fsp3) is 0.235. The summed E-state index contributed by atoms with van der Waals surface area (Å²) in [7, 11) is 0.750. The van der Waals surface area contributed by atoms with Gasteiger partial charge in [-0.2, -0.15) is 0 Å². The van der Waals surface area contributed by atoms with E-state index in [2.05, 4.69) is 5.32 Å². The van der Waals surface area contributed by atoms with Crippen LogP contribution in [-0.2, 0) is 10.0 Å². The summed E-state index contributed by atoms with van der Waals surface area (Å²) >= 11 is 0. The van der Waals surface area contributed by atoms with E-state index in [1.54, 1.807) is 12.1 Å². The van der Waals surface area contributed by atoms with Gasteiger partial charge in [-0.05, 0) is 36.8 Å². The van der Waals surface area contributed by atoms with Crippen LogP contribution in [-0.4, -0.2) is 39.8 Å². The molecule has 2 aromatic rings. The van der Waals surface area contributed by atoms with Crippen molar-refractivity contribution in [1.29, 1.82) is 0 Å². The second kappa shape index (κ2) is 7.02. The van der Waals surface area contributed by atoms with E-state index >= 15 is 0 Å². The standard InChI is InChI=1S/C17H20N2O4S/c1-12-7-5-6-8-14(12)17(20)18-15-11-13(9-10-16(15)23-4)24(21,22)19(2)3/h5-11H,1-4H3,(H,18,20). The van der Waals surface area contributed by atoms with E-state index in [-0.39, 0.29) is 10.8 Å². The Balaban J connectivity index is 2.42. The van der Waals surface area contributed by atoms with Crippen molar-refractivity contribution in [1.82, 2.24) is 4.31 Å². The molecular weight excluding hydrogens is 328 g/mol. The number of methoxy groups -OCH3 is 1. The Morgan fingerprint density at radius 1 is 1.12 bits per heavy atom. The number of nitrogens with one attached hydrogen (secondary N) is 1. The first-order chi connectivity index (χ1) is 11.3. The Bertz CT molecular complexity index is 861. The van der Waals surface area contributed by atoms with Crippen molar-refractivity contribution in [3.8, 4) is 5.75 Å². The minimum Gasteiger partial charge on any atom is -0.495 e. The molecule has 1 N–H and O–H groups in total. The maximum Gasteiger partial charge on any atom is 0.256 e. The molecule has 0 aliphatic carbocycles. The highest BCUT2D eigenvalue weighted by atomic mass is 32.2. The summed E-state index contributed by atoms with van der Waals surface area (Å²) in [6, 6.07) is 11.5. The summed E-state index contributed by atoms with van der Waals surface area (Å²) in [5.41, 5.74) is 1.64. The predicted octanol–water partition coefficient (Wildman–Crippen LogP) is 2.51. The van der Waals surface area contributed by atoms with E-state index in [1.165, 1.54) is 39.4 Å². The average Bonchev–Trinajstić information content (AvgIpc) is 2.54. The van der Waals surface area contributed by atoms with Crippen molar-refractivity contribution in [3.05, 3.63) is 53.6 Å². The number of hydrogen-bond acceptors (Lipinski definition) is 4. The number of ether oxygens (including phenoxy) is 1. The van der Waals surface area contributed by atoms with Crippen LogP contribution in [0.4, 0.5) is 5.69 Å². The largest absolute Gasteiger partial charge is 0.495 e. The molecule has 0 aromatic heterocycles. The van der Waals surface area contributed by atoms with Gasteiger partial charge >= 0.3 is 0 Å². The SMILES string of the molecule is COc1ccc(S(=O)(=O)N(C)C)cc1NC(=O)c1ccccc1C. The monoisotopic (exact) mass is 348 g/mol. The molecule has 0 saturated heterocycles. The van der Waals surface area contributed by atoms with Gasteiger partial charge in [0.15, 0.2) is 0 Å². The Kier molecular flexibility index (Phi) is 5.26. The van der Waals surface area contributed by atoms with Crippen molar-refractivity contribution >= 4 is 21.6 Å². The van der Waals surface area contributed by atoms with E-state index in [9.17, 15) is 13.2 Å². The van der Waals surface area contributed by atoms with Crippen LogP contribution in [0.5, 0.6) is 5.75 Å². The van der Waals surface area contributed by atoms with Crippen LogP contribution in [0, 0.1) is 6.92 Å². The van der Waals surface area contributed by atoms with E-state index in [4.69, 9.17) is 4.74 Å². The highest BCUT2D eigenvalue weighted by Gasteiger charge is 2.20. The third kappa shape index (κ3) is 3.58. The number of anilines is 1. The molecule has 0 heterocycles. The first kappa shape index (κ1) is 18.0. The van der Waals surface area contributed by atoms with Crippen LogP contribution >= 0.6 is 0 Å². The molecule has 0 atom stereocenters. The van der Waals surface area contributed by atoms with Gasteiger partial charge in [-0.3, -0.25) is 4.79 Å². The van der Waals surface area contributed by atoms with Crippen LogP contribution in [0.3, 0.4) is 0 Å². The fourth-order valence-electron chi connectivity index (χ4n) is 2.17. The molecule has 24 heavy (non-hydrogen) atoms. The first-order valence-electron chi connectivity index (χ1n) is 7.25. The van der Waals surface area contributed by atoms with E-state index in [0.29, 0.717) is 17.0 Å². The zero-order valence-electron chi connectivity index (χ0n) is 14.0. The van der Waals surface area contributed by atoms with Gasteiger partial charge in [-0.15, -0.1) is 0 Å². The molecule has 7 heteroatoms. The molecule has 0 aliphatic rings. The number of benzene rings is 2. The lowest BCUT2D eigenvalue weighted by atomic mass is 10.1. The number of aryl methyl sites for hydroxylation is 1. The number of nitrogens with zero attached hydrogens (tertiary/aromatic N) is 1. The molecule has 0 bridgehead atoms. The van der Waals surface area contributed by atoms with Crippen LogP contribution in [0.2, 0.25) is 0 Å². The van der Waals surface area contributed by atoms with Crippen molar-refractivity contribution in [3.63, 3.8) is 0 Å². The fourth-order valence-corrected chi connectivity index (χ4v) is 3.10. The Morgan fingerprint density at radius 2 is 1.79 bits per heavy atom. The number of sulfonamides is 1. The molecule has 0 saturated carbocycles. The third-order valence-corrected chi connectivity index (χ3v) is 5.40. The molecule has 0 unspecified atom stereocenters. The Labute approximate surface area is 142 Å². The first-order valence-corrected chi connectivity index (χ1v) is 8.69. The quantitative estimate of drug-likeness (QED) is 0.901. The molecular formula is C17H20N2O4S. The van der Waals surface area contributed by atoms with Crippen molar-refractivity contribution in [2.24, 2.45) is 0 Å². The summed E-state index contributed by atoms with van der Waals surface area (Å²) in [4.78, 5) is 12.5. The molecule has 2 aromatic carbocycles. The second-order valence-electron chi connectivity index (χ2n) is 5.42. The lowest BCUT2D eigenvalue weighted by Crippen LogP contribution is -2.22. The maximum absolute atomic E-state index is 12.5. The number of carbonyl (C=O) groups excluding carboxylic acids is 1. The molecule has 1 amide bonds. The summed E-state index contributed by atoms with van der Waals surface area (Å²) in [6.45, 7) is 1.83. The zero-order valence-corrected chi connectivity index (χ0v) is 14.8. The van der Waals surface area contributed by atoms with Crippen LogP contribution in [0.1, 0.15) is 15.9 Å². The van der Waals surface area contributed by atoms with Gasteiger partial charge in [0.1, 0.15) is 5.75 Å². The predicted molar refractivity (Wildman–Crippen MR) is 93.0 cm³/mol. The minimum absolute atomic E-state index is 0.0772. The van der Waals surface area contributed by atoms with E-state index < -0.39 is 10.0 Å². The van der Waals surface area contributed by atoms with Gasteiger partial charge in [0, 0.05) is 19.7 Å². The normalized spacial score (nSPS) is 11.4. The molecule has 6 nitrogen and oxygen atoms in total. The summed E-state index contributed by atoms with van der Waals surface area (Å²) < 4.78 is 30.9. The van der Waals surface area contributed by atoms with Crippen molar-refractivity contribution in [2.45, 2.75) is 11.8 Å².